The predicted octanol–water partition coefficient (Wildman–Crippen LogP) is 2.99. The Morgan fingerprint density at radius 2 is 1.50 bits per heavy atom. The highest BCUT2D eigenvalue weighted by Gasteiger charge is 1.95. The van der Waals surface area contributed by atoms with Gasteiger partial charge in [0.25, 0.3) is 0 Å². The van der Waals surface area contributed by atoms with E-state index in [2.05, 4.69) is 6.58 Å². The molecule has 1 fully saturated rings. The number of carboxylic acids is 1. The van der Waals surface area contributed by atoms with Gasteiger partial charge in [-0.25, -0.2) is 0 Å². The average molecular weight is 170 g/mol. The maximum atomic E-state index is 9.53. The van der Waals surface area contributed by atoms with Crippen molar-refractivity contribution in [2.75, 3.05) is 0 Å². The Balaban J connectivity index is 0.000000202. The molecule has 0 unspecified atom stereocenters. The van der Waals surface area contributed by atoms with E-state index >= 15 is 0 Å². The first kappa shape index (κ1) is 11.2. The lowest BCUT2D eigenvalue weighted by Crippen LogP contribution is -1.88. The van der Waals surface area contributed by atoms with Crippen LogP contribution in [0.4, 0.5) is 0 Å². The predicted molar refractivity (Wildman–Crippen MR) is 50.2 cm³/mol. The van der Waals surface area contributed by atoms with Crippen LogP contribution in [0.1, 0.15) is 44.9 Å². The third-order valence-corrected chi connectivity index (χ3v) is 1.82. The molecule has 0 aromatic carbocycles. The fourth-order valence-corrected chi connectivity index (χ4v) is 1.18. The molecule has 0 aromatic heterocycles. The van der Waals surface area contributed by atoms with Crippen LogP contribution < -0.4 is 0 Å². The van der Waals surface area contributed by atoms with Crippen LogP contribution in [-0.2, 0) is 4.79 Å². The first-order valence-electron chi connectivity index (χ1n) is 4.60. The molecule has 1 saturated carbocycles. The van der Waals surface area contributed by atoms with Gasteiger partial charge in [0.2, 0.25) is 0 Å². The van der Waals surface area contributed by atoms with E-state index < -0.39 is 5.97 Å². The van der Waals surface area contributed by atoms with Crippen LogP contribution in [0.3, 0.4) is 0 Å². The summed E-state index contributed by atoms with van der Waals surface area (Å²) < 4.78 is 0. The molecule has 0 radical (unpaired) electrons. The molecule has 0 spiro atoms. The summed E-state index contributed by atoms with van der Waals surface area (Å²) in [7, 11) is 0. The van der Waals surface area contributed by atoms with Crippen LogP contribution in [0.5, 0.6) is 0 Å². The van der Waals surface area contributed by atoms with Crippen LogP contribution in [0.25, 0.3) is 0 Å². The molecule has 1 N–H and O–H groups in total. The maximum absolute atomic E-state index is 9.53. The normalized spacial score (nSPS) is 15.7. The van der Waals surface area contributed by atoms with E-state index in [4.69, 9.17) is 5.11 Å². The molecular weight excluding hydrogens is 152 g/mol. The number of hydrogen-bond acceptors (Lipinski definition) is 1. The fraction of sp³-hybridized carbons (Fsp3) is 0.700. The van der Waals surface area contributed by atoms with Crippen molar-refractivity contribution in [2.24, 2.45) is 0 Å². The van der Waals surface area contributed by atoms with Gasteiger partial charge in [-0.1, -0.05) is 44.6 Å². The van der Waals surface area contributed by atoms with Crippen molar-refractivity contribution in [1.82, 2.24) is 0 Å². The lowest BCUT2D eigenvalue weighted by atomic mass is 10.0. The van der Waals surface area contributed by atoms with Crippen molar-refractivity contribution in [3.63, 3.8) is 0 Å². The highest BCUT2D eigenvalue weighted by Crippen LogP contribution is 2.15. The third kappa shape index (κ3) is 9.21. The lowest BCUT2D eigenvalue weighted by molar-refractivity contribution is -0.135. The minimum Gasteiger partial charge on any atom is -0.481 e. The fourth-order valence-electron chi connectivity index (χ4n) is 1.18. The molecule has 1 aliphatic carbocycles. The van der Waals surface area contributed by atoms with E-state index in [0.29, 0.717) is 0 Å². The molecule has 0 aliphatic heterocycles. The van der Waals surface area contributed by atoms with E-state index in [1.54, 1.807) is 0 Å². The smallest absolute Gasteiger partial charge is 0.307 e. The number of carbonyl (C=O) groups is 1. The zero-order chi connectivity index (χ0) is 9.23. The number of rotatable bonds is 2. The van der Waals surface area contributed by atoms with Crippen LogP contribution in [0.15, 0.2) is 12.7 Å². The van der Waals surface area contributed by atoms with E-state index in [1.807, 2.05) is 0 Å². The summed E-state index contributed by atoms with van der Waals surface area (Å²) in [6, 6.07) is 0. The second-order valence-electron chi connectivity index (χ2n) is 3.01. The van der Waals surface area contributed by atoms with E-state index in [-0.39, 0.29) is 6.42 Å². The second kappa shape index (κ2) is 8.31. The standard InChI is InChI=1S/C6H12.C4H6O2/c1-2-4-6-5-3-1;1-2-3-4(5)6/h1-6H2;2H,1,3H2,(H,5,6). The van der Waals surface area contributed by atoms with Gasteiger partial charge < -0.3 is 5.11 Å². The molecule has 0 amide bonds. The number of carboxylic acid groups (broad SMARTS) is 1. The molecule has 2 heteroatoms. The SMILES string of the molecule is C1CCCCC1.C=CCC(=O)O. The molecule has 0 saturated heterocycles. The molecular formula is C10H18O2. The van der Waals surface area contributed by atoms with E-state index in [9.17, 15) is 4.79 Å². The molecule has 12 heavy (non-hydrogen) atoms. The Hall–Kier alpha value is -0.790. The van der Waals surface area contributed by atoms with Gasteiger partial charge >= 0.3 is 5.97 Å². The molecule has 70 valence electrons. The van der Waals surface area contributed by atoms with Gasteiger partial charge in [-0.05, 0) is 0 Å². The highest BCUT2D eigenvalue weighted by atomic mass is 16.4. The average Bonchev–Trinajstić information content (AvgIpc) is 2.08. The second-order valence-corrected chi connectivity index (χ2v) is 3.01. The topological polar surface area (TPSA) is 37.3 Å². The molecule has 0 heterocycles. The summed E-state index contributed by atoms with van der Waals surface area (Å²) in [5.41, 5.74) is 0. The minimum absolute atomic E-state index is 0.0556. The van der Waals surface area contributed by atoms with Crippen molar-refractivity contribution in [1.29, 1.82) is 0 Å². The van der Waals surface area contributed by atoms with Crippen LogP contribution >= 0.6 is 0 Å². The van der Waals surface area contributed by atoms with Gasteiger partial charge in [0.05, 0.1) is 6.42 Å². The molecule has 1 aliphatic rings. The third-order valence-electron chi connectivity index (χ3n) is 1.82. The highest BCUT2D eigenvalue weighted by molar-refractivity contribution is 5.68. The summed E-state index contributed by atoms with van der Waals surface area (Å²) >= 11 is 0. The van der Waals surface area contributed by atoms with Crippen LogP contribution in [0, 0.1) is 0 Å². The molecule has 1 rings (SSSR count). The largest absolute Gasteiger partial charge is 0.481 e. The van der Waals surface area contributed by atoms with Gasteiger partial charge in [-0.15, -0.1) is 6.58 Å². The Bertz CT molecular complexity index is 114. The van der Waals surface area contributed by atoms with Gasteiger partial charge in [0.1, 0.15) is 0 Å². The van der Waals surface area contributed by atoms with Gasteiger partial charge in [0, 0.05) is 0 Å². The molecule has 0 bridgehead atoms. The van der Waals surface area contributed by atoms with Gasteiger partial charge in [-0.2, -0.15) is 0 Å². The summed E-state index contributed by atoms with van der Waals surface area (Å²) in [5.74, 6) is -0.829. The summed E-state index contributed by atoms with van der Waals surface area (Å²) in [5, 5.41) is 7.84. The van der Waals surface area contributed by atoms with Crippen LogP contribution in [-0.4, -0.2) is 11.1 Å². The van der Waals surface area contributed by atoms with E-state index in [1.165, 1.54) is 44.6 Å². The molecule has 0 atom stereocenters. The van der Waals surface area contributed by atoms with Gasteiger partial charge in [0.15, 0.2) is 0 Å². The van der Waals surface area contributed by atoms with Crippen molar-refractivity contribution in [3.8, 4) is 0 Å². The Kier molecular flexibility index (Phi) is 7.76. The Labute approximate surface area is 74.3 Å². The van der Waals surface area contributed by atoms with Crippen molar-refractivity contribution >= 4 is 5.97 Å². The first-order chi connectivity index (χ1) is 5.77. The Morgan fingerprint density at radius 1 is 1.17 bits per heavy atom. The minimum atomic E-state index is -0.829. The first-order valence-corrected chi connectivity index (χ1v) is 4.60. The number of hydrogen-bond donors (Lipinski definition) is 1. The molecule has 0 aromatic rings. The molecule has 2 nitrogen and oxygen atoms in total. The summed E-state index contributed by atoms with van der Waals surface area (Å²) in [6.07, 6.45) is 10.4. The summed E-state index contributed by atoms with van der Waals surface area (Å²) in [4.78, 5) is 9.53. The zero-order valence-electron chi connectivity index (χ0n) is 7.59. The maximum Gasteiger partial charge on any atom is 0.307 e. The quantitative estimate of drug-likeness (QED) is 0.647. The lowest BCUT2D eigenvalue weighted by Gasteiger charge is -2.05. The number of aliphatic carboxylic acids is 1. The monoisotopic (exact) mass is 170 g/mol. The van der Waals surface area contributed by atoms with Gasteiger partial charge in [-0.3, -0.25) is 4.79 Å². The summed E-state index contributed by atoms with van der Waals surface area (Å²) in [6.45, 7) is 3.22. The van der Waals surface area contributed by atoms with Crippen molar-refractivity contribution in [2.45, 2.75) is 44.9 Å². The van der Waals surface area contributed by atoms with Crippen LogP contribution in [0.2, 0.25) is 0 Å². The zero-order valence-corrected chi connectivity index (χ0v) is 7.59. The van der Waals surface area contributed by atoms with Crippen molar-refractivity contribution in [3.05, 3.63) is 12.7 Å². The Morgan fingerprint density at radius 3 is 1.58 bits per heavy atom. The van der Waals surface area contributed by atoms with E-state index in [0.717, 1.165) is 0 Å². The van der Waals surface area contributed by atoms with Crippen molar-refractivity contribution < 1.29 is 9.90 Å².